The normalized spacial score (nSPS) is 16.0. The molecule has 6 heteroatoms. The van der Waals surface area contributed by atoms with Gasteiger partial charge in [-0.25, -0.2) is 4.98 Å². The molecule has 0 N–H and O–H groups in total. The number of amides is 1. The first-order chi connectivity index (χ1) is 12.2. The first kappa shape index (κ1) is 16.6. The Labute approximate surface area is 156 Å². The number of imidazole rings is 1. The highest BCUT2D eigenvalue weighted by Crippen LogP contribution is 2.26. The van der Waals surface area contributed by atoms with Gasteiger partial charge in [0.25, 0.3) is 5.91 Å². The van der Waals surface area contributed by atoms with Crippen molar-refractivity contribution in [2.75, 3.05) is 13.1 Å². The SMILES string of the molecule is O=C(c1csc2nc(-c3cccc(Cl)c3)cn12)N1CCCCCCC1. The van der Waals surface area contributed by atoms with E-state index in [9.17, 15) is 4.79 Å². The summed E-state index contributed by atoms with van der Waals surface area (Å²) in [5.41, 5.74) is 2.52. The van der Waals surface area contributed by atoms with E-state index >= 15 is 0 Å². The Kier molecular flexibility index (Phi) is 4.77. The molecule has 1 aliphatic heterocycles. The van der Waals surface area contributed by atoms with Crippen molar-refractivity contribution in [3.63, 3.8) is 0 Å². The van der Waals surface area contributed by atoms with E-state index in [1.54, 1.807) is 0 Å². The Balaban J connectivity index is 1.64. The molecule has 130 valence electrons. The molecule has 1 saturated heterocycles. The second kappa shape index (κ2) is 7.18. The van der Waals surface area contributed by atoms with Crippen LogP contribution in [-0.2, 0) is 0 Å². The second-order valence-corrected chi connectivity index (χ2v) is 7.74. The summed E-state index contributed by atoms with van der Waals surface area (Å²) in [6.07, 6.45) is 7.84. The Hall–Kier alpha value is -1.85. The summed E-state index contributed by atoms with van der Waals surface area (Å²) < 4.78 is 1.92. The quantitative estimate of drug-likeness (QED) is 0.625. The van der Waals surface area contributed by atoms with Crippen molar-refractivity contribution < 1.29 is 4.79 Å². The molecule has 1 amide bonds. The topological polar surface area (TPSA) is 37.6 Å². The lowest BCUT2D eigenvalue weighted by molar-refractivity contribution is 0.0736. The number of likely N-dealkylation sites (tertiary alicyclic amines) is 1. The number of halogens is 1. The van der Waals surface area contributed by atoms with Crippen LogP contribution in [0.1, 0.15) is 42.6 Å². The maximum atomic E-state index is 13.0. The minimum Gasteiger partial charge on any atom is -0.337 e. The molecule has 3 aromatic rings. The summed E-state index contributed by atoms with van der Waals surface area (Å²) in [5, 5.41) is 2.61. The summed E-state index contributed by atoms with van der Waals surface area (Å²) in [6, 6.07) is 7.64. The van der Waals surface area contributed by atoms with Gasteiger partial charge in [-0.3, -0.25) is 9.20 Å². The number of hydrogen-bond acceptors (Lipinski definition) is 3. The second-order valence-electron chi connectivity index (χ2n) is 6.47. The highest BCUT2D eigenvalue weighted by Gasteiger charge is 2.21. The van der Waals surface area contributed by atoms with Gasteiger partial charge in [0, 0.05) is 35.3 Å². The van der Waals surface area contributed by atoms with E-state index in [-0.39, 0.29) is 5.91 Å². The fourth-order valence-corrected chi connectivity index (χ4v) is 4.37. The van der Waals surface area contributed by atoms with Crippen molar-refractivity contribution in [1.29, 1.82) is 0 Å². The average molecular weight is 374 g/mol. The molecule has 1 aromatic carbocycles. The molecule has 0 unspecified atom stereocenters. The molecule has 2 aromatic heterocycles. The third-order valence-electron chi connectivity index (χ3n) is 4.69. The van der Waals surface area contributed by atoms with E-state index in [1.165, 1.54) is 30.6 Å². The zero-order valence-electron chi connectivity index (χ0n) is 13.9. The average Bonchev–Trinajstić information content (AvgIpc) is 3.14. The van der Waals surface area contributed by atoms with Crippen molar-refractivity contribution in [3.8, 4) is 11.3 Å². The van der Waals surface area contributed by atoms with E-state index in [1.807, 2.05) is 45.1 Å². The van der Waals surface area contributed by atoms with E-state index in [2.05, 4.69) is 4.98 Å². The van der Waals surface area contributed by atoms with Gasteiger partial charge in [-0.05, 0) is 25.0 Å². The molecule has 1 aliphatic rings. The molecular formula is C19H20ClN3OS. The maximum absolute atomic E-state index is 13.0. The van der Waals surface area contributed by atoms with Gasteiger partial charge in [-0.2, -0.15) is 0 Å². The Morgan fingerprint density at radius 1 is 1.12 bits per heavy atom. The van der Waals surface area contributed by atoms with Crippen LogP contribution in [0.3, 0.4) is 0 Å². The van der Waals surface area contributed by atoms with Crippen LogP contribution in [0, 0.1) is 0 Å². The van der Waals surface area contributed by atoms with Crippen LogP contribution in [0.4, 0.5) is 0 Å². The van der Waals surface area contributed by atoms with Crippen LogP contribution in [0.25, 0.3) is 16.2 Å². The molecule has 25 heavy (non-hydrogen) atoms. The number of carbonyl (C=O) groups is 1. The number of carbonyl (C=O) groups excluding carboxylic acids is 1. The third kappa shape index (κ3) is 3.44. The number of fused-ring (bicyclic) bond motifs is 1. The zero-order chi connectivity index (χ0) is 17.2. The van der Waals surface area contributed by atoms with Crippen LogP contribution in [-0.4, -0.2) is 33.3 Å². The van der Waals surface area contributed by atoms with E-state index in [0.29, 0.717) is 10.7 Å². The molecule has 1 fully saturated rings. The van der Waals surface area contributed by atoms with Gasteiger partial charge in [0.15, 0.2) is 4.96 Å². The van der Waals surface area contributed by atoms with Gasteiger partial charge in [0.1, 0.15) is 5.69 Å². The highest BCUT2D eigenvalue weighted by atomic mass is 35.5. The fraction of sp³-hybridized carbons (Fsp3) is 0.368. The number of aromatic nitrogens is 2. The van der Waals surface area contributed by atoms with E-state index < -0.39 is 0 Å². The minimum absolute atomic E-state index is 0.114. The fourth-order valence-electron chi connectivity index (χ4n) is 3.34. The zero-order valence-corrected chi connectivity index (χ0v) is 15.5. The molecule has 0 radical (unpaired) electrons. The third-order valence-corrected chi connectivity index (χ3v) is 5.77. The van der Waals surface area contributed by atoms with Gasteiger partial charge in [0.2, 0.25) is 0 Å². The predicted octanol–water partition coefficient (Wildman–Crippen LogP) is 5.12. The minimum atomic E-state index is 0.114. The lowest BCUT2D eigenvalue weighted by Gasteiger charge is -2.24. The number of nitrogens with zero attached hydrogens (tertiary/aromatic N) is 3. The molecule has 0 aliphatic carbocycles. The molecule has 4 rings (SSSR count). The molecule has 0 saturated carbocycles. The lowest BCUT2D eigenvalue weighted by Crippen LogP contribution is -2.34. The molecule has 0 bridgehead atoms. The summed E-state index contributed by atoms with van der Waals surface area (Å²) in [4.78, 5) is 20.5. The van der Waals surface area contributed by atoms with Crippen molar-refractivity contribution in [1.82, 2.24) is 14.3 Å². The molecule has 0 atom stereocenters. The Morgan fingerprint density at radius 2 is 1.88 bits per heavy atom. The van der Waals surface area contributed by atoms with Gasteiger partial charge < -0.3 is 4.90 Å². The van der Waals surface area contributed by atoms with Gasteiger partial charge in [0.05, 0.1) is 5.69 Å². The highest BCUT2D eigenvalue weighted by molar-refractivity contribution is 7.15. The van der Waals surface area contributed by atoms with E-state index in [0.717, 1.165) is 42.1 Å². The summed E-state index contributed by atoms with van der Waals surface area (Å²) in [7, 11) is 0. The largest absolute Gasteiger partial charge is 0.337 e. The number of rotatable bonds is 2. The number of hydrogen-bond donors (Lipinski definition) is 0. The first-order valence-corrected chi connectivity index (χ1v) is 10.00. The molecule has 0 spiro atoms. The standard InChI is InChI=1S/C19H20ClN3OS/c20-15-8-6-7-14(11-15)16-12-23-17(13-25-19(23)21-16)18(24)22-9-4-2-1-3-5-10-22/h6-8,11-13H,1-5,9-10H2. The van der Waals surface area contributed by atoms with Crippen LogP contribution in [0.2, 0.25) is 5.02 Å². The number of thiazole rings is 1. The van der Waals surface area contributed by atoms with Crippen molar-refractivity contribution in [3.05, 3.63) is 46.6 Å². The van der Waals surface area contributed by atoms with Crippen molar-refractivity contribution in [2.24, 2.45) is 0 Å². The lowest BCUT2D eigenvalue weighted by atomic mass is 10.1. The molecule has 3 heterocycles. The van der Waals surface area contributed by atoms with Crippen LogP contribution in [0.15, 0.2) is 35.8 Å². The monoisotopic (exact) mass is 373 g/mol. The van der Waals surface area contributed by atoms with Crippen molar-refractivity contribution in [2.45, 2.75) is 32.1 Å². The molecular weight excluding hydrogens is 354 g/mol. The predicted molar refractivity (Wildman–Crippen MR) is 103 cm³/mol. The van der Waals surface area contributed by atoms with Gasteiger partial charge in [-0.1, -0.05) is 43.0 Å². The Morgan fingerprint density at radius 3 is 2.64 bits per heavy atom. The summed E-state index contributed by atoms with van der Waals surface area (Å²) >= 11 is 7.59. The van der Waals surface area contributed by atoms with Crippen LogP contribution >= 0.6 is 22.9 Å². The van der Waals surface area contributed by atoms with E-state index in [4.69, 9.17) is 11.6 Å². The van der Waals surface area contributed by atoms with Gasteiger partial charge >= 0.3 is 0 Å². The summed E-state index contributed by atoms with van der Waals surface area (Å²) in [5.74, 6) is 0.114. The van der Waals surface area contributed by atoms with Crippen molar-refractivity contribution >= 4 is 33.8 Å². The van der Waals surface area contributed by atoms with Crippen LogP contribution in [0.5, 0.6) is 0 Å². The molecule has 4 nitrogen and oxygen atoms in total. The maximum Gasteiger partial charge on any atom is 0.271 e. The Bertz CT molecular complexity index is 893. The van der Waals surface area contributed by atoms with Gasteiger partial charge in [-0.15, -0.1) is 11.3 Å². The number of benzene rings is 1. The smallest absolute Gasteiger partial charge is 0.271 e. The summed E-state index contributed by atoms with van der Waals surface area (Å²) in [6.45, 7) is 1.71. The first-order valence-electron chi connectivity index (χ1n) is 8.74. The van der Waals surface area contributed by atoms with Crippen LogP contribution < -0.4 is 0 Å².